The lowest BCUT2D eigenvalue weighted by atomic mass is 10.0. The zero-order valence-corrected chi connectivity index (χ0v) is 10.3. The Morgan fingerprint density at radius 2 is 2.39 bits per heavy atom. The Balaban J connectivity index is 1.77. The van der Waals surface area contributed by atoms with Crippen molar-refractivity contribution in [2.75, 3.05) is 19.6 Å². The van der Waals surface area contributed by atoms with Gasteiger partial charge < -0.3 is 15.1 Å². The largest absolute Gasteiger partial charge is 0.459 e. The summed E-state index contributed by atoms with van der Waals surface area (Å²) in [6, 6.07) is 3.11. The maximum atomic E-state index is 11.6. The lowest BCUT2D eigenvalue weighted by molar-refractivity contribution is -0.119. The Bertz CT molecular complexity index is 422. The van der Waals surface area contributed by atoms with Crippen molar-refractivity contribution in [3.05, 3.63) is 24.2 Å². The van der Waals surface area contributed by atoms with Gasteiger partial charge in [-0.15, -0.1) is 0 Å². The fraction of sp³-hybridized carbons (Fsp3) is 0.500. The van der Waals surface area contributed by atoms with Gasteiger partial charge in [-0.1, -0.05) is 0 Å². The molecule has 2 rings (SSSR count). The van der Waals surface area contributed by atoms with E-state index in [2.05, 4.69) is 22.9 Å². The number of carbonyl (C=O) groups excluding carboxylic acids is 2. The molecule has 1 saturated heterocycles. The highest BCUT2D eigenvalue weighted by atomic mass is 16.3. The normalized spacial score (nSPS) is 22.9. The Morgan fingerprint density at radius 1 is 1.56 bits per heavy atom. The summed E-state index contributed by atoms with van der Waals surface area (Å²) in [6.45, 7) is 3.93. The molecule has 0 bridgehead atoms. The van der Waals surface area contributed by atoms with E-state index in [0.717, 1.165) is 19.5 Å². The summed E-state index contributed by atoms with van der Waals surface area (Å²) in [6.07, 6.45) is 2.36. The van der Waals surface area contributed by atoms with E-state index in [1.165, 1.54) is 12.3 Å². The molecule has 3 N–H and O–H groups in total. The summed E-state index contributed by atoms with van der Waals surface area (Å²) < 4.78 is 4.90. The molecule has 98 valence electrons. The predicted octanol–water partition coefficient (Wildman–Crippen LogP) is -0.122. The Morgan fingerprint density at radius 3 is 3.00 bits per heavy atom. The minimum atomic E-state index is -0.512. The number of hydrogen-bond donors (Lipinski definition) is 3. The van der Waals surface area contributed by atoms with Crippen molar-refractivity contribution in [1.82, 2.24) is 16.0 Å². The quantitative estimate of drug-likeness (QED) is 0.694. The van der Waals surface area contributed by atoms with Gasteiger partial charge in [-0.05, 0) is 32.0 Å². The standard InChI is InChI=1S/C12H17N3O3/c1-12(4-5-13-8-12)14-7-10(16)15-11(17)9-3-2-6-18-9/h2-3,6,13-14H,4-5,7-8H2,1H3,(H,15,16,17). The zero-order valence-electron chi connectivity index (χ0n) is 10.3. The molecule has 1 aliphatic heterocycles. The number of hydrogen-bond acceptors (Lipinski definition) is 5. The van der Waals surface area contributed by atoms with Gasteiger partial charge in [-0.2, -0.15) is 0 Å². The molecule has 18 heavy (non-hydrogen) atoms. The van der Waals surface area contributed by atoms with E-state index in [9.17, 15) is 9.59 Å². The minimum absolute atomic E-state index is 0.0783. The second kappa shape index (κ2) is 5.32. The first-order chi connectivity index (χ1) is 8.59. The highest BCUT2D eigenvalue weighted by Gasteiger charge is 2.28. The first-order valence-corrected chi connectivity index (χ1v) is 5.92. The van der Waals surface area contributed by atoms with E-state index in [1.54, 1.807) is 6.07 Å². The molecule has 0 radical (unpaired) electrons. The van der Waals surface area contributed by atoms with Crippen molar-refractivity contribution < 1.29 is 14.0 Å². The molecule has 6 heteroatoms. The predicted molar refractivity (Wildman–Crippen MR) is 65.1 cm³/mol. The molecular formula is C12H17N3O3. The number of imide groups is 1. The average Bonchev–Trinajstić information content (AvgIpc) is 2.98. The molecule has 6 nitrogen and oxygen atoms in total. The summed E-state index contributed by atoms with van der Waals surface area (Å²) in [5, 5.41) is 8.64. The van der Waals surface area contributed by atoms with Gasteiger partial charge in [-0.25, -0.2) is 0 Å². The van der Waals surface area contributed by atoms with Crippen LogP contribution in [0.3, 0.4) is 0 Å². The molecule has 1 aromatic heterocycles. The van der Waals surface area contributed by atoms with Crippen LogP contribution in [0.2, 0.25) is 0 Å². The molecule has 0 aliphatic carbocycles. The summed E-state index contributed by atoms with van der Waals surface area (Å²) >= 11 is 0. The van der Waals surface area contributed by atoms with Crippen LogP contribution in [0.5, 0.6) is 0 Å². The first kappa shape index (κ1) is 12.8. The molecule has 1 aromatic rings. The van der Waals surface area contributed by atoms with Gasteiger partial charge in [0.1, 0.15) is 0 Å². The van der Waals surface area contributed by atoms with E-state index >= 15 is 0 Å². The lowest BCUT2D eigenvalue weighted by Gasteiger charge is -2.23. The number of amides is 2. The highest BCUT2D eigenvalue weighted by molar-refractivity contribution is 6.03. The van der Waals surface area contributed by atoms with Gasteiger partial charge in [0, 0.05) is 12.1 Å². The van der Waals surface area contributed by atoms with Crippen LogP contribution < -0.4 is 16.0 Å². The van der Waals surface area contributed by atoms with Crippen LogP contribution in [0, 0.1) is 0 Å². The lowest BCUT2D eigenvalue weighted by Crippen LogP contribution is -2.49. The van der Waals surface area contributed by atoms with Crippen molar-refractivity contribution in [2.45, 2.75) is 18.9 Å². The van der Waals surface area contributed by atoms with Gasteiger partial charge in [0.05, 0.1) is 12.8 Å². The van der Waals surface area contributed by atoms with Gasteiger partial charge in [0.2, 0.25) is 5.91 Å². The maximum Gasteiger partial charge on any atom is 0.293 e. The topological polar surface area (TPSA) is 83.4 Å². The third-order valence-electron chi connectivity index (χ3n) is 3.04. The highest BCUT2D eigenvalue weighted by Crippen LogP contribution is 2.12. The Labute approximate surface area is 105 Å². The molecule has 2 heterocycles. The third-order valence-corrected chi connectivity index (χ3v) is 3.04. The molecule has 0 saturated carbocycles. The van der Waals surface area contributed by atoms with Crippen molar-refractivity contribution in [2.24, 2.45) is 0 Å². The summed E-state index contributed by atoms with van der Waals surface area (Å²) in [5.41, 5.74) is -0.0783. The van der Waals surface area contributed by atoms with Crippen molar-refractivity contribution in [1.29, 1.82) is 0 Å². The second-order valence-electron chi connectivity index (χ2n) is 4.70. The zero-order chi connectivity index (χ0) is 13.0. The van der Waals surface area contributed by atoms with Crippen LogP contribution in [0.1, 0.15) is 23.9 Å². The van der Waals surface area contributed by atoms with E-state index in [-0.39, 0.29) is 23.8 Å². The number of furan rings is 1. The Kier molecular flexibility index (Phi) is 3.78. The van der Waals surface area contributed by atoms with E-state index < -0.39 is 5.91 Å². The monoisotopic (exact) mass is 251 g/mol. The molecule has 0 aromatic carbocycles. The number of carbonyl (C=O) groups is 2. The Hall–Kier alpha value is -1.66. The molecule has 1 fully saturated rings. The number of nitrogens with one attached hydrogen (secondary N) is 3. The minimum Gasteiger partial charge on any atom is -0.459 e. The first-order valence-electron chi connectivity index (χ1n) is 5.92. The molecule has 0 spiro atoms. The third kappa shape index (κ3) is 3.18. The molecule has 1 aliphatic rings. The summed E-state index contributed by atoms with van der Waals surface area (Å²) in [4.78, 5) is 23.1. The van der Waals surface area contributed by atoms with Crippen LogP contribution in [-0.4, -0.2) is 37.0 Å². The SMILES string of the molecule is CC1(NCC(=O)NC(=O)c2ccco2)CCNC1. The maximum absolute atomic E-state index is 11.6. The smallest absolute Gasteiger partial charge is 0.293 e. The van der Waals surface area contributed by atoms with Crippen LogP contribution in [-0.2, 0) is 4.79 Å². The summed E-state index contributed by atoms with van der Waals surface area (Å²) in [5.74, 6) is -0.733. The molecular weight excluding hydrogens is 234 g/mol. The fourth-order valence-corrected chi connectivity index (χ4v) is 1.90. The van der Waals surface area contributed by atoms with Gasteiger partial charge in [0.15, 0.2) is 5.76 Å². The van der Waals surface area contributed by atoms with Crippen LogP contribution in [0.15, 0.2) is 22.8 Å². The van der Waals surface area contributed by atoms with E-state index in [0.29, 0.717) is 0 Å². The van der Waals surface area contributed by atoms with E-state index in [1.807, 2.05) is 0 Å². The van der Waals surface area contributed by atoms with Crippen LogP contribution in [0.4, 0.5) is 0 Å². The van der Waals surface area contributed by atoms with Crippen LogP contribution in [0.25, 0.3) is 0 Å². The second-order valence-corrected chi connectivity index (χ2v) is 4.70. The van der Waals surface area contributed by atoms with Gasteiger partial charge in [-0.3, -0.25) is 14.9 Å². The summed E-state index contributed by atoms with van der Waals surface area (Å²) in [7, 11) is 0. The van der Waals surface area contributed by atoms with Crippen molar-refractivity contribution in [3.8, 4) is 0 Å². The molecule has 2 amide bonds. The fourth-order valence-electron chi connectivity index (χ4n) is 1.90. The van der Waals surface area contributed by atoms with Crippen molar-refractivity contribution >= 4 is 11.8 Å². The van der Waals surface area contributed by atoms with Gasteiger partial charge in [0.25, 0.3) is 5.91 Å². The van der Waals surface area contributed by atoms with Crippen molar-refractivity contribution in [3.63, 3.8) is 0 Å². The number of rotatable bonds is 4. The van der Waals surface area contributed by atoms with Gasteiger partial charge >= 0.3 is 0 Å². The average molecular weight is 251 g/mol. The van der Waals surface area contributed by atoms with Crippen LogP contribution >= 0.6 is 0 Å². The van der Waals surface area contributed by atoms with E-state index in [4.69, 9.17) is 4.42 Å². The molecule has 1 atom stereocenters. The molecule has 1 unspecified atom stereocenters.